The smallest absolute Gasteiger partial charge is 0.481 e. The third-order valence-electron chi connectivity index (χ3n) is 1.66. The van der Waals surface area contributed by atoms with Crippen LogP contribution in [0.3, 0.4) is 0 Å². The van der Waals surface area contributed by atoms with Crippen LogP contribution in [0.5, 0.6) is 0 Å². The van der Waals surface area contributed by atoms with E-state index >= 15 is 0 Å². The molecule has 4 nitrogen and oxygen atoms in total. The molecule has 1 aromatic rings. The van der Waals surface area contributed by atoms with E-state index in [1.165, 1.54) is 5.56 Å². The van der Waals surface area contributed by atoms with Crippen molar-refractivity contribution in [1.82, 2.24) is 0 Å². The minimum Gasteiger partial charge on any atom is -0.481 e. The van der Waals surface area contributed by atoms with E-state index in [4.69, 9.17) is 10.2 Å². The number of carboxylic acids is 2. The van der Waals surface area contributed by atoms with Crippen molar-refractivity contribution in [3.8, 4) is 0 Å². The predicted molar refractivity (Wildman–Crippen MR) is 59.3 cm³/mol. The maximum absolute atomic E-state index is 9.43. The molecule has 0 bridgehead atoms. The standard InChI is InChI=1S/C9H11.C3H4O4.Na/c1-8(2)9-6-4-3-5-7-9;4-2(5)1-3(6)7;/h3-6,8H,1-2H3;1H2,(H,4,5)(H,6,7);/q-1;;+1. The molecule has 0 atom stereocenters. The van der Waals surface area contributed by atoms with Gasteiger partial charge in [-0.2, -0.15) is 35.9 Å². The second-order valence-corrected chi connectivity index (χ2v) is 3.44. The Morgan fingerprint density at radius 1 is 1.24 bits per heavy atom. The number of benzene rings is 1. The zero-order valence-electron chi connectivity index (χ0n) is 10.3. The molecule has 88 valence electrons. The van der Waals surface area contributed by atoms with Gasteiger partial charge in [-0.1, -0.05) is 13.8 Å². The summed E-state index contributed by atoms with van der Waals surface area (Å²) in [4.78, 5) is 18.9. The van der Waals surface area contributed by atoms with Gasteiger partial charge in [-0.3, -0.25) is 9.59 Å². The summed E-state index contributed by atoms with van der Waals surface area (Å²) < 4.78 is 0. The van der Waals surface area contributed by atoms with Crippen LogP contribution in [0.2, 0.25) is 0 Å². The summed E-state index contributed by atoms with van der Waals surface area (Å²) in [5.41, 5.74) is 1.29. The zero-order chi connectivity index (χ0) is 12.6. The summed E-state index contributed by atoms with van der Waals surface area (Å²) in [7, 11) is 0. The minimum absolute atomic E-state index is 0. The van der Waals surface area contributed by atoms with E-state index in [0.29, 0.717) is 5.92 Å². The van der Waals surface area contributed by atoms with Gasteiger partial charge in [0.15, 0.2) is 0 Å². The molecule has 0 saturated carbocycles. The number of hydrogen-bond acceptors (Lipinski definition) is 2. The Morgan fingerprint density at radius 2 is 1.76 bits per heavy atom. The van der Waals surface area contributed by atoms with Crippen LogP contribution in [0.4, 0.5) is 0 Å². The van der Waals surface area contributed by atoms with Gasteiger partial charge in [0.25, 0.3) is 0 Å². The first-order valence-corrected chi connectivity index (χ1v) is 4.83. The minimum atomic E-state index is -1.31. The molecule has 0 unspecified atom stereocenters. The van der Waals surface area contributed by atoms with Crippen LogP contribution in [0, 0.1) is 6.07 Å². The van der Waals surface area contributed by atoms with Gasteiger partial charge in [-0.15, -0.1) is 0 Å². The molecule has 17 heavy (non-hydrogen) atoms. The Morgan fingerprint density at radius 3 is 1.94 bits per heavy atom. The molecule has 0 aromatic heterocycles. The summed E-state index contributed by atoms with van der Waals surface area (Å²) in [5, 5.41) is 15.4. The van der Waals surface area contributed by atoms with E-state index in [-0.39, 0.29) is 29.6 Å². The van der Waals surface area contributed by atoms with Gasteiger partial charge in [0.2, 0.25) is 0 Å². The van der Waals surface area contributed by atoms with Crippen LogP contribution in [0.1, 0.15) is 31.7 Å². The topological polar surface area (TPSA) is 74.6 Å². The molecule has 0 radical (unpaired) electrons. The molecule has 1 aromatic carbocycles. The molecule has 0 aliphatic carbocycles. The molecule has 0 spiro atoms. The van der Waals surface area contributed by atoms with Crippen LogP contribution in [-0.2, 0) is 9.59 Å². The average molecular weight is 246 g/mol. The third kappa shape index (κ3) is 11.4. The SMILES string of the molecule is CC(C)c1[c-]cccc1.O=C(O)CC(=O)O.[Na+]. The first kappa shape index (κ1) is 18.5. The Hall–Kier alpha value is -0.840. The van der Waals surface area contributed by atoms with Gasteiger partial charge >= 0.3 is 41.5 Å². The average Bonchev–Trinajstić information content (AvgIpc) is 2.17. The van der Waals surface area contributed by atoms with Gasteiger partial charge < -0.3 is 10.2 Å². The van der Waals surface area contributed by atoms with Crippen molar-refractivity contribution in [3.05, 3.63) is 35.9 Å². The van der Waals surface area contributed by atoms with Crippen molar-refractivity contribution in [2.45, 2.75) is 26.2 Å². The van der Waals surface area contributed by atoms with Crippen LogP contribution in [0.15, 0.2) is 24.3 Å². The van der Waals surface area contributed by atoms with Crippen LogP contribution in [-0.4, -0.2) is 22.2 Å². The fourth-order valence-electron chi connectivity index (χ4n) is 0.896. The molecule has 0 saturated heterocycles. The molecule has 0 fully saturated rings. The summed E-state index contributed by atoms with van der Waals surface area (Å²) in [6.45, 7) is 4.34. The second-order valence-electron chi connectivity index (χ2n) is 3.44. The Kier molecular flexibility index (Phi) is 11.2. The van der Waals surface area contributed by atoms with E-state index in [0.717, 1.165) is 0 Å². The van der Waals surface area contributed by atoms with E-state index in [1.807, 2.05) is 18.2 Å². The molecule has 2 N–H and O–H groups in total. The summed E-state index contributed by atoms with van der Waals surface area (Å²) in [6.07, 6.45) is -0.806. The number of aliphatic carboxylic acids is 2. The van der Waals surface area contributed by atoms with Crippen molar-refractivity contribution < 1.29 is 49.4 Å². The Labute approximate surface area is 123 Å². The van der Waals surface area contributed by atoms with Gasteiger partial charge in [0.1, 0.15) is 6.42 Å². The number of carboxylic acid groups (broad SMARTS) is 2. The van der Waals surface area contributed by atoms with Gasteiger partial charge in [0.05, 0.1) is 0 Å². The van der Waals surface area contributed by atoms with Crippen LogP contribution >= 0.6 is 0 Å². The van der Waals surface area contributed by atoms with Gasteiger partial charge in [-0.25, -0.2) is 0 Å². The molecule has 0 aliphatic heterocycles. The number of carbonyl (C=O) groups is 2. The zero-order valence-corrected chi connectivity index (χ0v) is 12.3. The monoisotopic (exact) mass is 246 g/mol. The van der Waals surface area contributed by atoms with Crippen molar-refractivity contribution in [3.63, 3.8) is 0 Å². The predicted octanol–water partition coefficient (Wildman–Crippen LogP) is -0.840. The van der Waals surface area contributed by atoms with Crippen LogP contribution in [0.25, 0.3) is 0 Å². The van der Waals surface area contributed by atoms with Crippen molar-refractivity contribution >= 4 is 11.9 Å². The van der Waals surface area contributed by atoms with Crippen molar-refractivity contribution in [2.75, 3.05) is 0 Å². The summed E-state index contributed by atoms with van der Waals surface area (Å²) in [6, 6.07) is 11.3. The fourth-order valence-corrected chi connectivity index (χ4v) is 0.896. The van der Waals surface area contributed by atoms with Crippen LogP contribution < -0.4 is 29.6 Å². The molecule has 0 heterocycles. The van der Waals surface area contributed by atoms with E-state index in [2.05, 4.69) is 26.0 Å². The van der Waals surface area contributed by atoms with Gasteiger partial charge in [-0.05, 0) is 5.92 Å². The largest absolute Gasteiger partial charge is 1.00 e. The van der Waals surface area contributed by atoms with Crippen molar-refractivity contribution in [1.29, 1.82) is 0 Å². The van der Waals surface area contributed by atoms with Gasteiger partial charge in [0, 0.05) is 0 Å². The fraction of sp³-hybridized carbons (Fsp3) is 0.333. The Bertz CT molecular complexity index is 324. The number of rotatable bonds is 3. The maximum Gasteiger partial charge on any atom is 1.00 e. The molecule has 0 aliphatic rings. The Balaban J connectivity index is 0. The molecule has 0 amide bonds. The van der Waals surface area contributed by atoms with E-state index < -0.39 is 18.4 Å². The molecule has 5 heteroatoms. The first-order chi connectivity index (χ1) is 7.43. The quantitative estimate of drug-likeness (QED) is 0.414. The first-order valence-electron chi connectivity index (χ1n) is 4.83. The molecule has 1 rings (SSSR count). The third-order valence-corrected chi connectivity index (χ3v) is 1.66. The van der Waals surface area contributed by atoms with E-state index in [9.17, 15) is 9.59 Å². The summed E-state index contributed by atoms with van der Waals surface area (Å²) in [5.74, 6) is -2.02. The number of hydrogen-bond donors (Lipinski definition) is 2. The molecular formula is C12H15NaO4. The normalized spacial score (nSPS) is 8.65. The van der Waals surface area contributed by atoms with Crippen molar-refractivity contribution in [2.24, 2.45) is 0 Å². The van der Waals surface area contributed by atoms with E-state index in [1.54, 1.807) is 0 Å². The molecular weight excluding hydrogens is 231 g/mol. The summed E-state index contributed by atoms with van der Waals surface area (Å²) >= 11 is 0. The second kappa shape index (κ2) is 10.3. The maximum atomic E-state index is 9.43.